The van der Waals surface area contributed by atoms with Crippen LogP contribution >= 0.6 is 0 Å². The molecule has 0 saturated carbocycles. The molecule has 0 aliphatic carbocycles. The first-order chi connectivity index (χ1) is 7.67. The number of ether oxygens (including phenoxy) is 2. The van der Waals surface area contributed by atoms with Gasteiger partial charge in [0.15, 0.2) is 0 Å². The maximum atomic E-state index is 12.1. The Kier molecular flexibility index (Phi) is 3.81. The molecule has 17 heavy (non-hydrogen) atoms. The van der Waals surface area contributed by atoms with Crippen LogP contribution < -0.4 is 0 Å². The van der Waals surface area contributed by atoms with Crippen LogP contribution in [0, 0.1) is 0 Å². The molecule has 1 aliphatic heterocycles. The molecule has 1 fully saturated rings. The molecule has 5 heteroatoms. The number of hydrogen-bond donors (Lipinski definition) is 0. The van der Waals surface area contributed by atoms with Crippen molar-refractivity contribution >= 4 is 12.4 Å². The summed E-state index contributed by atoms with van der Waals surface area (Å²) in [6, 6.07) is -0.239. The van der Waals surface area contributed by atoms with Gasteiger partial charge in [0.25, 0.3) is 0 Å². The molecular weight excluding hydrogens is 222 g/mol. The number of hydrogen-bond acceptors (Lipinski definition) is 4. The Morgan fingerprint density at radius 1 is 1.53 bits per heavy atom. The van der Waals surface area contributed by atoms with Crippen LogP contribution in [0.1, 0.15) is 41.0 Å². The monoisotopic (exact) mass is 243 g/mol. The lowest BCUT2D eigenvalue weighted by atomic mass is 10.1. The van der Waals surface area contributed by atoms with Gasteiger partial charge in [-0.05, 0) is 34.6 Å². The van der Waals surface area contributed by atoms with Crippen molar-refractivity contribution in [1.29, 1.82) is 0 Å². The summed E-state index contributed by atoms with van der Waals surface area (Å²) < 4.78 is 10.8. The van der Waals surface area contributed by atoms with Crippen molar-refractivity contribution in [3.8, 4) is 0 Å². The lowest BCUT2D eigenvalue weighted by Gasteiger charge is -2.34. The van der Waals surface area contributed by atoms with Gasteiger partial charge in [0.2, 0.25) is 0 Å². The van der Waals surface area contributed by atoms with Gasteiger partial charge in [-0.1, -0.05) is 0 Å². The Labute approximate surface area is 102 Å². The Morgan fingerprint density at radius 2 is 2.12 bits per heavy atom. The van der Waals surface area contributed by atoms with Gasteiger partial charge >= 0.3 is 6.09 Å². The van der Waals surface area contributed by atoms with Crippen molar-refractivity contribution < 1.29 is 19.1 Å². The lowest BCUT2D eigenvalue weighted by molar-refractivity contribution is -0.108. The van der Waals surface area contributed by atoms with Gasteiger partial charge in [-0.15, -0.1) is 0 Å². The Balaban J connectivity index is 2.82. The lowest BCUT2D eigenvalue weighted by Crippen LogP contribution is -2.49. The topological polar surface area (TPSA) is 55.8 Å². The second-order valence-electron chi connectivity index (χ2n) is 5.66. The third kappa shape index (κ3) is 3.43. The molecule has 1 heterocycles. The van der Waals surface area contributed by atoms with Crippen LogP contribution in [0.3, 0.4) is 0 Å². The number of rotatable bonds is 2. The van der Waals surface area contributed by atoms with Gasteiger partial charge < -0.3 is 14.3 Å². The summed E-state index contributed by atoms with van der Waals surface area (Å²) in [4.78, 5) is 24.2. The summed E-state index contributed by atoms with van der Waals surface area (Å²) >= 11 is 0. The van der Waals surface area contributed by atoms with Crippen molar-refractivity contribution in [3.05, 3.63) is 0 Å². The van der Waals surface area contributed by atoms with E-state index in [1.54, 1.807) is 13.8 Å². The number of carbonyl (C=O) groups is 2. The standard InChI is InChI=1S/C12H21NO4/c1-11(2,3)17-10(15)13-9(6-7-14)8-16-12(13,4)5/h7,9H,6,8H2,1-5H3/t9-/m1/s1. The molecule has 1 atom stereocenters. The minimum Gasteiger partial charge on any atom is -0.444 e. The van der Waals surface area contributed by atoms with Gasteiger partial charge in [0.05, 0.1) is 12.6 Å². The summed E-state index contributed by atoms with van der Waals surface area (Å²) in [5.74, 6) is 0. The van der Waals surface area contributed by atoms with Crippen molar-refractivity contribution in [3.63, 3.8) is 0 Å². The molecule has 0 N–H and O–H groups in total. The van der Waals surface area contributed by atoms with Gasteiger partial charge in [-0.25, -0.2) is 4.79 Å². The van der Waals surface area contributed by atoms with E-state index < -0.39 is 17.4 Å². The second-order valence-corrected chi connectivity index (χ2v) is 5.66. The van der Waals surface area contributed by atoms with E-state index in [0.29, 0.717) is 6.61 Å². The van der Waals surface area contributed by atoms with Crippen molar-refractivity contribution in [1.82, 2.24) is 4.90 Å². The fraction of sp³-hybridized carbons (Fsp3) is 0.833. The summed E-state index contributed by atoms with van der Waals surface area (Å²) in [7, 11) is 0. The van der Waals surface area contributed by atoms with Crippen LogP contribution in [0.5, 0.6) is 0 Å². The van der Waals surface area contributed by atoms with Crippen LogP contribution in [0.15, 0.2) is 0 Å². The molecule has 1 saturated heterocycles. The zero-order valence-electron chi connectivity index (χ0n) is 11.1. The van der Waals surface area contributed by atoms with Crippen LogP contribution in [0.25, 0.3) is 0 Å². The molecule has 0 bridgehead atoms. The van der Waals surface area contributed by atoms with Gasteiger partial charge in [-0.2, -0.15) is 0 Å². The minimum absolute atomic E-state index is 0.239. The number of amides is 1. The van der Waals surface area contributed by atoms with E-state index >= 15 is 0 Å². The predicted octanol–water partition coefficient (Wildman–Crippen LogP) is 1.95. The molecule has 1 amide bonds. The summed E-state index contributed by atoms with van der Waals surface area (Å²) in [5, 5.41) is 0. The highest BCUT2D eigenvalue weighted by Gasteiger charge is 2.45. The van der Waals surface area contributed by atoms with E-state index in [1.165, 1.54) is 4.90 Å². The first-order valence-corrected chi connectivity index (χ1v) is 5.77. The number of carbonyl (C=O) groups excluding carboxylic acids is 2. The maximum Gasteiger partial charge on any atom is 0.412 e. The van der Waals surface area contributed by atoms with Crippen molar-refractivity contribution in [2.45, 2.75) is 58.4 Å². The fourth-order valence-corrected chi connectivity index (χ4v) is 1.85. The summed E-state index contributed by atoms with van der Waals surface area (Å²) in [6.07, 6.45) is 0.627. The van der Waals surface area contributed by atoms with Crippen LogP contribution in [0.2, 0.25) is 0 Å². The molecule has 0 aromatic rings. The highest BCUT2D eigenvalue weighted by Crippen LogP contribution is 2.30. The fourth-order valence-electron chi connectivity index (χ4n) is 1.85. The van der Waals surface area contributed by atoms with E-state index in [9.17, 15) is 9.59 Å². The maximum absolute atomic E-state index is 12.1. The minimum atomic E-state index is -0.726. The Hall–Kier alpha value is -1.10. The predicted molar refractivity (Wildman–Crippen MR) is 62.6 cm³/mol. The second kappa shape index (κ2) is 4.64. The Morgan fingerprint density at radius 3 is 2.59 bits per heavy atom. The zero-order valence-corrected chi connectivity index (χ0v) is 11.1. The Bertz CT molecular complexity index is 306. The van der Waals surface area contributed by atoms with Gasteiger partial charge in [0.1, 0.15) is 17.6 Å². The molecule has 1 rings (SSSR count). The van der Waals surface area contributed by atoms with Gasteiger partial charge in [-0.3, -0.25) is 4.90 Å². The zero-order chi connectivity index (χ0) is 13.3. The molecule has 5 nitrogen and oxygen atoms in total. The van der Waals surface area contributed by atoms with Gasteiger partial charge in [0, 0.05) is 6.42 Å². The SMILES string of the molecule is CC(C)(C)OC(=O)N1[C@H](CC=O)COC1(C)C. The molecule has 0 spiro atoms. The van der Waals surface area contributed by atoms with E-state index in [1.807, 2.05) is 20.8 Å². The molecule has 0 aromatic heterocycles. The quantitative estimate of drug-likeness (QED) is 0.695. The van der Waals surface area contributed by atoms with Crippen molar-refractivity contribution in [2.75, 3.05) is 6.61 Å². The van der Waals surface area contributed by atoms with Crippen LogP contribution in [-0.4, -0.2) is 41.3 Å². The van der Waals surface area contributed by atoms with E-state index in [4.69, 9.17) is 9.47 Å². The third-order valence-electron chi connectivity index (χ3n) is 2.53. The molecule has 1 aliphatic rings. The summed E-state index contributed by atoms with van der Waals surface area (Å²) in [5.41, 5.74) is -1.28. The summed E-state index contributed by atoms with van der Waals surface area (Å²) in [6.45, 7) is 9.38. The molecular formula is C12H21NO4. The average Bonchev–Trinajstić information content (AvgIpc) is 2.39. The highest BCUT2D eigenvalue weighted by molar-refractivity contribution is 5.70. The molecule has 0 radical (unpaired) electrons. The normalized spacial score (nSPS) is 23.6. The smallest absolute Gasteiger partial charge is 0.412 e. The highest BCUT2D eigenvalue weighted by atomic mass is 16.6. The third-order valence-corrected chi connectivity index (χ3v) is 2.53. The average molecular weight is 243 g/mol. The van der Waals surface area contributed by atoms with E-state index in [2.05, 4.69) is 0 Å². The van der Waals surface area contributed by atoms with Crippen LogP contribution in [-0.2, 0) is 14.3 Å². The molecule has 98 valence electrons. The first-order valence-electron chi connectivity index (χ1n) is 5.77. The first kappa shape index (κ1) is 14.0. The van der Waals surface area contributed by atoms with Crippen molar-refractivity contribution in [2.24, 2.45) is 0 Å². The van der Waals surface area contributed by atoms with E-state index in [-0.39, 0.29) is 12.5 Å². The number of aldehydes is 1. The largest absolute Gasteiger partial charge is 0.444 e. The molecule has 0 unspecified atom stereocenters. The van der Waals surface area contributed by atoms with Crippen LogP contribution in [0.4, 0.5) is 4.79 Å². The molecule has 0 aromatic carbocycles. The van der Waals surface area contributed by atoms with E-state index in [0.717, 1.165) is 6.29 Å². The number of nitrogens with zero attached hydrogens (tertiary/aromatic N) is 1.